The van der Waals surface area contributed by atoms with E-state index in [4.69, 9.17) is 10.7 Å². The second kappa shape index (κ2) is 4.46. The van der Waals surface area contributed by atoms with Gasteiger partial charge >= 0.3 is 0 Å². The maximum Gasteiger partial charge on any atom is 0.280 e. The van der Waals surface area contributed by atoms with Crippen LogP contribution in [0.15, 0.2) is 11.1 Å². The van der Waals surface area contributed by atoms with Gasteiger partial charge in [-0.1, -0.05) is 0 Å². The summed E-state index contributed by atoms with van der Waals surface area (Å²) in [5.41, 5.74) is -0.296. The van der Waals surface area contributed by atoms with E-state index in [9.17, 15) is 17.2 Å². The molecule has 0 saturated heterocycles. The maximum atomic E-state index is 12.4. The van der Waals surface area contributed by atoms with Crippen molar-refractivity contribution in [3.05, 3.63) is 21.0 Å². The van der Waals surface area contributed by atoms with E-state index in [0.29, 0.717) is 0 Å². The Bertz CT molecular complexity index is 492. The van der Waals surface area contributed by atoms with Gasteiger partial charge in [0.1, 0.15) is 10.6 Å². The zero-order valence-corrected chi connectivity index (χ0v) is 11.1. The van der Waals surface area contributed by atoms with Crippen LogP contribution in [0.2, 0.25) is 0 Å². The Kier molecular flexibility index (Phi) is 3.88. The van der Waals surface area contributed by atoms with Crippen molar-refractivity contribution in [1.82, 2.24) is 4.98 Å². The lowest BCUT2D eigenvalue weighted by Crippen LogP contribution is -2.03. The molecule has 1 heterocycles. The Morgan fingerprint density at radius 1 is 1.53 bits per heavy atom. The zero-order valence-electron chi connectivity index (χ0n) is 7.34. The van der Waals surface area contributed by atoms with Gasteiger partial charge < -0.3 is 0 Å². The van der Waals surface area contributed by atoms with Crippen LogP contribution in [-0.4, -0.2) is 13.4 Å². The Balaban J connectivity index is 3.48. The van der Waals surface area contributed by atoms with E-state index in [0.717, 1.165) is 6.20 Å². The van der Waals surface area contributed by atoms with E-state index in [1.807, 2.05) is 0 Å². The Hall–Kier alpha value is -0.0200. The van der Waals surface area contributed by atoms with Gasteiger partial charge in [0.2, 0.25) is 0 Å². The standard InChI is InChI=1S/C7H5ClF2INO2S/c1-3-5(11)4(15(8,13)14)2-12-6(3)7(9)10/h2,7H,1H3. The van der Waals surface area contributed by atoms with Crippen molar-refractivity contribution in [3.63, 3.8) is 0 Å². The van der Waals surface area contributed by atoms with Crippen LogP contribution in [-0.2, 0) is 9.05 Å². The largest absolute Gasteiger partial charge is 0.280 e. The molecular weight excluding hydrogens is 363 g/mol. The van der Waals surface area contributed by atoms with Gasteiger partial charge in [-0.15, -0.1) is 0 Å². The Morgan fingerprint density at radius 3 is 2.47 bits per heavy atom. The van der Waals surface area contributed by atoms with E-state index in [1.54, 1.807) is 22.6 Å². The summed E-state index contributed by atoms with van der Waals surface area (Å²) in [5.74, 6) is 0. The van der Waals surface area contributed by atoms with Crippen molar-refractivity contribution in [1.29, 1.82) is 0 Å². The number of pyridine rings is 1. The van der Waals surface area contributed by atoms with Gasteiger partial charge in [0, 0.05) is 20.4 Å². The fourth-order valence-corrected chi connectivity index (χ4v) is 3.54. The fraction of sp³-hybridized carbons (Fsp3) is 0.286. The first kappa shape index (κ1) is 13.0. The minimum atomic E-state index is -3.94. The van der Waals surface area contributed by atoms with Crippen molar-refractivity contribution >= 4 is 42.3 Å². The van der Waals surface area contributed by atoms with Gasteiger partial charge in [-0.05, 0) is 35.1 Å². The average molecular weight is 368 g/mol. The molecule has 0 aliphatic heterocycles. The van der Waals surface area contributed by atoms with Crippen LogP contribution < -0.4 is 0 Å². The van der Waals surface area contributed by atoms with Crippen molar-refractivity contribution in [3.8, 4) is 0 Å². The maximum absolute atomic E-state index is 12.4. The smallest absolute Gasteiger partial charge is 0.254 e. The predicted octanol–water partition coefficient (Wildman–Crippen LogP) is 2.86. The van der Waals surface area contributed by atoms with Crippen LogP contribution in [0.4, 0.5) is 8.78 Å². The molecular formula is C7H5ClF2INO2S. The van der Waals surface area contributed by atoms with Crippen LogP contribution >= 0.6 is 33.3 Å². The van der Waals surface area contributed by atoms with Crippen molar-refractivity contribution in [2.45, 2.75) is 18.2 Å². The van der Waals surface area contributed by atoms with Crippen molar-refractivity contribution < 1.29 is 17.2 Å². The molecule has 0 aliphatic rings. The summed E-state index contributed by atoms with van der Waals surface area (Å²) in [5, 5.41) is 0. The number of hydrogen-bond acceptors (Lipinski definition) is 3. The third-order valence-electron chi connectivity index (χ3n) is 1.72. The van der Waals surface area contributed by atoms with Gasteiger partial charge in [0.15, 0.2) is 0 Å². The van der Waals surface area contributed by atoms with E-state index >= 15 is 0 Å². The molecule has 0 amide bonds. The van der Waals surface area contributed by atoms with Gasteiger partial charge in [0.25, 0.3) is 15.5 Å². The molecule has 0 radical (unpaired) electrons. The zero-order chi connectivity index (χ0) is 11.8. The number of hydrogen-bond donors (Lipinski definition) is 0. The number of rotatable bonds is 2. The summed E-state index contributed by atoms with van der Waals surface area (Å²) >= 11 is 1.65. The molecule has 3 nitrogen and oxygen atoms in total. The average Bonchev–Trinajstić information content (AvgIpc) is 2.06. The molecule has 1 aromatic heterocycles. The quantitative estimate of drug-likeness (QED) is 0.596. The molecule has 0 saturated carbocycles. The lowest BCUT2D eigenvalue weighted by Gasteiger charge is -2.08. The molecule has 0 fully saturated rings. The van der Waals surface area contributed by atoms with Crippen molar-refractivity contribution in [2.24, 2.45) is 0 Å². The summed E-state index contributed by atoms with van der Waals surface area (Å²) in [6, 6.07) is 0. The molecule has 0 unspecified atom stereocenters. The normalized spacial score (nSPS) is 12.1. The minimum absolute atomic E-state index is 0.132. The van der Waals surface area contributed by atoms with Crippen LogP contribution in [0.25, 0.3) is 0 Å². The van der Waals surface area contributed by atoms with Crippen LogP contribution in [0.1, 0.15) is 17.7 Å². The third kappa shape index (κ3) is 2.76. The molecule has 8 heteroatoms. The monoisotopic (exact) mass is 367 g/mol. The van der Waals surface area contributed by atoms with Gasteiger partial charge in [0.05, 0.1) is 0 Å². The third-order valence-corrected chi connectivity index (χ3v) is 4.81. The van der Waals surface area contributed by atoms with Crippen LogP contribution in [0.5, 0.6) is 0 Å². The first-order chi connectivity index (χ1) is 6.75. The highest BCUT2D eigenvalue weighted by Crippen LogP contribution is 2.29. The highest BCUT2D eigenvalue weighted by atomic mass is 127. The summed E-state index contributed by atoms with van der Waals surface area (Å²) in [6.45, 7) is 1.38. The minimum Gasteiger partial charge on any atom is -0.254 e. The van der Waals surface area contributed by atoms with Crippen LogP contribution in [0, 0.1) is 10.5 Å². The molecule has 1 rings (SSSR count). The molecule has 0 spiro atoms. The highest BCUT2D eigenvalue weighted by Gasteiger charge is 2.21. The molecule has 1 aromatic rings. The molecule has 0 atom stereocenters. The van der Waals surface area contributed by atoms with Gasteiger partial charge in [-0.25, -0.2) is 17.2 Å². The predicted molar refractivity (Wildman–Crippen MR) is 59.7 cm³/mol. The summed E-state index contributed by atoms with van der Waals surface area (Å²) < 4.78 is 47.0. The Morgan fingerprint density at radius 2 is 2.07 bits per heavy atom. The SMILES string of the molecule is Cc1c(C(F)F)ncc(S(=O)(=O)Cl)c1I. The number of halogens is 4. The number of alkyl halides is 2. The molecule has 0 bridgehead atoms. The van der Waals surface area contributed by atoms with E-state index in [1.165, 1.54) is 6.92 Å². The van der Waals surface area contributed by atoms with E-state index < -0.39 is 21.2 Å². The molecule has 0 aromatic carbocycles. The van der Waals surface area contributed by atoms with Crippen molar-refractivity contribution in [2.75, 3.05) is 0 Å². The number of aromatic nitrogens is 1. The Labute approximate surface area is 103 Å². The highest BCUT2D eigenvalue weighted by molar-refractivity contribution is 14.1. The van der Waals surface area contributed by atoms with Gasteiger partial charge in [-0.2, -0.15) is 0 Å². The summed E-state index contributed by atoms with van der Waals surface area (Å²) in [6.07, 6.45) is -1.89. The fourth-order valence-electron chi connectivity index (χ4n) is 0.969. The lowest BCUT2D eigenvalue weighted by molar-refractivity contribution is 0.145. The van der Waals surface area contributed by atoms with Crippen LogP contribution in [0.3, 0.4) is 0 Å². The summed E-state index contributed by atoms with van der Waals surface area (Å²) in [4.78, 5) is 3.14. The second-order valence-corrected chi connectivity index (χ2v) is 6.30. The van der Waals surface area contributed by atoms with E-state index in [2.05, 4.69) is 4.98 Å². The molecule has 84 valence electrons. The van der Waals surface area contributed by atoms with E-state index in [-0.39, 0.29) is 14.0 Å². The first-order valence-corrected chi connectivity index (χ1v) is 7.01. The molecule has 15 heavy (non-hydrogen) atoms. The molecule has 0 aliphatic carbocycles. The first-order valence-electron chi connectivity index (χ1n) is 3.63. The number of nitrogens with zero attached hydrogens (tertiary/aromatic N) is 1. The summed E-state index contributed by atoms with van der Waals surface area (Å²) in [7, 11) is 1.17. The lowest BCUT2D eigenvalue weighted by atomic mass is 10.2. The van der Waals surface area contributed by atoms with Gasteiger partial charge in [-0.3, -0.25) is 4.98 Å². The molecule has 0 N–H and O–H groups in total. The second-order valence-electron chi connectivity index (χ2n) is 2.69. The topological polar surface area (TPSA) is 47.0 Å².